The molecule has 9 nitrogen and oxygen atoms in total. The van der Waals surface area contributed by atoms with Crippen molar-refractivity contribution in [3.63, 3.8) is 0 Å². The molecule has 2 unspecified atom stereocenters. The van der Waals surface area contributed by atoms with Gasteiger partial charge in [-0.05, 0) is 75.4 Å². The molecule has 8 rings (SSSR count). The van der Waals surface area contributed by atoms with Crippen LogP contribution in [0.4, 0.5) is 0 Å². The lowest BCUT2D eigenvalue weighted by Gasteiger charge is -2.41. The maximum absolute atomic E-state index is 12.6. The van der Waals surface area contributed by atoms with Crippen LogP contribution in [0.25, 0.3) is 33.4 Å². The molecule has 272 valence electrons. The van der Waals surface area contributed by atoms with E-state index in [9.17, 15) is 9.59 Å². The number of amides is 2. The van der Waals surface area contributed by atoms with Crippen molar-refractivity contribution in [2.45, 2.75) is 63.6 Å². The van der Waals surface area contributed by atoms with Crippen LogP contribution in [0.2, 0.25) is 15.1 Å². The van der Waals surface area contributed by atoms with Crippen LogP contribution < -0.4 is 11.1 Å². The van der Waals surface area contributed by atoms with Crippen LogP contribution in [0.1, 0.15) is 67.5 Å². The van der Waals surface area contributed by atoms with Gasteiger partial charge in [-0.25, -0.2) is 4.98 Å². The van der Waals surface area contributed by atoms with Crippen molar-refractivity contribution in [2.24, 2.45) is 5.73 Å². The number of piperidine rings is 2. The van der Waals surface area contributed by atoms with Gasteiger partial charge in [0.15, 0.2) is 0 Å². The van der Waals surface area contributed by atoms with Crippen molar-refractivity contribution < 1.29 is 9.59 Å². The Bertz CT molecular complexity index is 2050. The summed E-state index contributed by atoms with van der Waals surface area (Å²) < 4.78 is 2.00. The number of likely N-dealkylation sites (tertiary alicyclic amines) is 2. The van der Waals surface area contributed by atoms with Crippen LogP contribution in [0, 0.1) is 0 Å². The number of carbonyl (C=O) groups excluding carboxylic acids is 2. The van der Waals surface area contributed by atoms with E-state index in [1.807, 2.05) is 54.0 Å². The molecule has 3 aliphatic rings. The van der Waals surface area contributed by atoms with Gasteiger partial charge in [0.05, 0.1) is 23.8 Å². The molecule has 3 aliphatic heterocycles. The van der Waals surface area contributed by atoms with E-state index in [1.54, 1.807) is 30.6 Å². The van der Waals surface area contributed by atoms with Crippen LogP contribution in [-0.2, 0) is 4.79 Å². The summed E-state index contributed by atoms with van der Waals surface area (Å²) in [5.74, 6) is -0.173. The third kappa shape index (κ3) is 7.61. The van der Waals surface area contributed by atoms with Gasteiger partial charge < -0.3 is 25.5 Å². The molecule has 12 heteroatoms. The van der Waals surface area contributed by atoms with E-state index >= 15 is 0 Å². The van der Waals surface area contributed by atoms with Crippen molar-refractivity contribution in [3.8, 4) is 22.5 Å². The zero-order valence-corrected chi connectivity index (χ0v) is 31.5. The average Bonchev–Trinajstić information content (AvgIpc) is 3.92. The van der Waals surface area contributed by atoms with Crippen molar-refractivity contribution in [3.05, 3.63) is 99.4 Å². The van der Waals surface area contributed by atoms with Crippen molar-refractivity contribution >= 4 is 57.5 Å². The Balaban J connectivity index is 0.000000196. The van der Waals surface area contributed by atoms with E-state index in [1.165, 1.54) is 45.3 Å². The molecule has 5 aromatic rings. The second-order valence-electron chi connectivity index (χ2n) is 13.9. The molecule has 52 heavy (non-hydrogen) atoms. The fourth-order valence-corrected chi connectivity index (χ4v) is 8.77. The minimum atomic E-state index is -0.578. The van der Waals surface area contributed by atoms with Gasteiger partial charge in [0.25, 0.3) is 5.91 Å². The molecule has 0 saturated carbocycles. The number of halogens is 3. The number of H-pyrrole nitrogens is 1. The molecule has 4 N–H and O–H groups in total. The smallest absolute Gasteiger partial charge is 0.265 e. The number of primary amides is 1. The molecule has 0 aliphatic carbocycles. The maximum atomic E-state index is 12.6. The van der Waals surface area contributed by atoms with Crippen molar-refractivity contribution in [2.75, 3.05) is 32.7 Å². The maximum Gasteiger partial charge on any atom is 0.265 e. The summed E-state index contributed by atoms with van der Waals surface area (Å²) in [4.78, 5) is 37.2. The average molecular weight is 761 g/mol. The molecule has 2 amide bonds. The number of carbonyl (C=O) groups is 2. The summed E-state index contributed by atoms with van der Waals surface area (Å²) in [7, 11) is 0. The number of aromatic amines is 1. The molecule has 5 heterocycles. The molecule has 0 spiro atoms. The highest BCUT2D eigenvalue weighted by Gasteiger charge is 2.32. The normalized spacial score (nSPS) is 19.1. The summed E-state index contributed by atoms with van der Waals surface area (Å²) in [6, 6.07) is 21.7. The van der Waals surface area contributed by atoms with Gasteiger partial charge in [-0.3, -0.25) is 14.5 Å². The molecule has 0 radical (unpaired) electrons. The monoisotopic (exact) mass is 759 g/mol. The highest BCUT2D eigenvalue weighted by molar-refractivity contribution is 6.35. The van der Waals surface area contributed by atoms with Gasteiger partial charge in [-0.2, -0.15) is 0 Å². The topological polar surface area (TPSA) is 112 Å². The van der Waals surface area contributed by atoms with Gasteiger partial charge in [-0.1, -0.05) is 77.3 Å². The Morgan fingerprint density at radius 3 is 2.37 bits per heavy atom. The first-order valence-electron chi connectivity index (χ1n) is 18.1. The number of aromatic nitrogens is 3. The number of imidazole rings is 1. The van der Waals surface area contributed by atoms with Crippen molar-refractivity contribution in [1.82, 2.24) is 29.7 Å². The van der Waals surface area contributed by atoms with E-state index in [0.29, 0.717) is 38.1 Å². The number of nitrogens with zero attached hydrogens (tertiary/aromatic N) is 4. The fraction of sp³-hybridized carbons (Fsp3) is 0.375. The largest absolute Gasteiger partial charge is 0.364 e. The SMILES string of the molecule is CC(c1ccc(Cl)cc1Cl)n1cnc(-c2ccccc2)c1-c1c(C(N)=O)[nH]c2cc(Cl)ccc12.O=C1CCCCN1C1CCN(C2CCNC2)CC1. The standard InChI is InChI=1S/C26H19Cl3N4O.C14H25N3O/c1-14(18-9-7-16(27)11-20(18)29)33-13-31-23(15-5-3-2-4-6-15)25(33)22-19-10-8-17(28)12-21(19)32-24(22)26(30)34;18-14-3-1-2-8-17(14)12-5-9-16(10-6-12)13-4-7-15-11-13/h2-14,32H,1H3,(H2,30,34);12-13,15H,1-11H2. The second kappa shape index (κ2) is 16.0. The minimum Gasteiger partial charge on any atom is -0.364 e. The van der Waals surface area contributed by atoms with Gasteiger partial charge in [0.1, 0.15) is 5.69 Å². The lowest BCUT2D eigenvalue weighted by atomic mass is 9.98. The molecule has 3 fully saturated rings. The van der Waals surface area contributed by atoms with E-state index in [-0.39, 0.29) is 11.7 Å². The van der Waals surface area contributed by atoms with Crippen LogP contribution in [0.15, 0.2) is 73.1 Å². The zero-order valence-electron chi connectivity index (χ0n) is 29.3. The number of nitrogens with one attached hydrogen (secondary N) is 2. The minimum absolute atomic E-state index is 0.220. The fourth-order valence-electron chi connectivity index (χ4n) is 8.03. The molecule has 3 saturated heterocycles. The first-order valence-corrected chi connectivity index (χ1v) is 19.3. The van der Waals surface area contributed by atoms with Crippen LogP contribution in [-0.4, -0.2) is 81.0 Å². The second-order valence-corrected chi connectivity index (χ2v) is 15.2. The number of fused-ring (bicyclic) bond motifs is 1. The van der Waals surface area contributed by atoms with E-state index in [0.717, 1.165) is 59.9 Å². The number of hydrogen-bond donors (Lipinski definition) is 3. The highest BCUT2D eigenvalue weighted by Crippen LogP contribution is 2.42. The Morgan fingerprint density at radius 2 is 1.67 bits per heavy atom. The molecule has 2 aromatic heterocycles. The summed E-state index contributed by atoms with van der Waals surface area (Å²) >= 11 is 18.9. The molecule has 2 atom stereocenters. The Kier molecular flexibility index (Phi) is 11.2. The highest BCUT2D eigenvalue weighted by atomic mass is 35.5. The van der Waals surface area contributed by atoms with Gasteiger partial charge in [0.2, 0.25) is 5.91 Å². The quantitative estimate of drug-likeness (QED) is 0.155. The summed E-state index contributed by atoms with van der Waals surface area (Å²) in [5.41, 5.74) is 10.7. The molecule has 3 aromatic carbocycles. The van der Waals surface area contributed by atoms with Gasteiger partial charge in [0, 0.05) is 81.8 Å². The summed E-state index contributed by atoms with van der Waals surface area (Å²) in [5, 5.41) is 5.91. The number of rotatable bonds is 7. The Morgan fingerprint density at radius 1 is 0.923 bits per heavy atom. The predicted molar refractivity (Wildman–Crippen MR) is 210 cm³/mol. The summed E-state index contributed by atoms with van der Waals surface area (Å²) in [6.45, 7) is 7.73. The lowest BCUT2D eigenvalue weighted by molar-refractivity contribution is -0.136. The number of benzene rings is 3. The summed E-state index contributed by atoms with van der Waals surface area (Å²) in [6.07, 6.45) is 8.51. The third-order valence-corrected chi connectivity index (χ3v) is 11.6. The molecular weight excluding hydrogens is 717 g/mol. The van der Waals surface area contributed by atoms with Crippen LogP contribution in [0.3, 0.4) is 0 Å². The lowest BCUT2D eigenvalue weighted by Crippen LogP contribution is -2.51. The van der Waals surface area contributed by atoms with Crippen molar-refractivity contribution in [1.29, 1.82) is 0 Å². The third-order valence-electron chi connectivity index (χ3n) is 10.8. The van der Waals surface area contributed by atoms with Gasteiger partial charge >= 0.3 is 0 Å². The Labute approximate surface area is 319 Å². The molecule has 0 bridgehead atoms. The first kappa shape index (κ1) is 36.5. The Hall–Kier alpha value is -3.86. The number of hydrogen-bond acceptors (Lipinski definition) is 5. The van der Waals surface area contributed by atoms with E-state index in [4.69, 9.17) is 45.5 Å². The predicted octanol–water partition coefficient (Wildman–Crippen LogP) is 8.19. The van der Waals surface area contributed by atoms with E-state index < -0.39 is 5.91 Å². The number of nitrogens with two attached hydrogens (primary N) is 1. The van der Waals surface area contributed by atoms with Gasteiger partial charge in [-0.15, -0.1) is 0 Å². The van der Waals surface area contributed by atoms with Crippen LogP contribution >= 0.6 is 34.8 Å². The zero-order chi connectivity index (χ0) is 36.4. The molecular formula is C40H44Cl3N7O2. The first-order chi connectivity index (χ1) is 25.2. The van der Waals surface area contributed by atoms with E-state index in [2.05, 4.69) is 20.1 Å². The van der Waals surface area contributed by atoms with Crippen LogP contribution in [0.5, 0.6) is 0 Å².